The van der Waals surface area contributed by atoms with E-state index in [1.54, 1.807) is 12.1 Å². The molecule has 4 atom stereocenters. The summed E-state index contributed by atoms with van der Waals surface area (Å²) in [7, 11) is 0. The van der Waals surface area contributed by atoms with E-state index < -0.39 is 24.4 Å². The molecule has 8 nitrogen and oxygen atoms in total. The molecular formula is C34H32N2O6. The lowest BCUT2D eigenvalue weighted by molar-refractivity contribution is -0.0898. The molecule has 0 saturated carbocycles. The predicted octanol–water partition coefficient (Wildman–Crippen LogP) is 5.04. The molecule has 5 aromatic rings. The van der Waals surface area contributed by atoms with Crippen LogP contribution >= 0.6 is 0 Å². The van der Waals surface area contributed by atoms with Gasteiger partial charge >= 0.3 is 0 Å². The molecule has 3 aromatic carbocycles. The molecule has 42 heavy (non-hydrogen) atoms. The molecule has 1 fully saturated rings. The van der Waals surface area contributed by atoms with Crippen molar-refractivity contribution in [3.63, 3.8) is 0 Å². The first-order valence-corrected chi connectivity index (χ1v) is 14.0. The number of aromatic amines is 2. The summed E-state index contributed by atoms with van der Waals surface area (Å²) in [5.74, 6) is 0. The second kappa shape index (κ2) is 13.1. The maximum atomic E-state index is 13.4. The lowest BCUT2D eigenvalue weighted by Gasteiger charge is -2.25. The normalized spacial score (nSPS) is 20.2. The van der Waals surface area contributed by atoms with Crippen LogP contribution in [0.4, 0.5) is 0 Å². The molecule has 4 unspecified atom stereocenters. The number of fused-ring (bicyclic) bond motifs is 1. The molecule has 1 aliphatic rings. The van der Waals surface area contributed by atoms with Crippen LogP contribution in [-0.2, 0) is 38.8 Å². The minimum absolute atomic E-state index is 0.245. The number of pyridine rings is 2. The van der Waals surface area contributed by atoms with Crippen molar-refractivity contribution >= 4 is 11.0 Å². The Morgan fingerprint density at radius 3 is 1.83 bits per heavy atom. The second-order valence-electron chi connectivity index (χ2n) is 10.3. The van der Waals surface area contributed by atoms with Gasteiger partial charge in [0, 0.05) is 17.0 Å². The van der Waals surface area contributed by atoms with Gasteiger partial charge in [0.2, 0.25) is 5.56 Å². The van der Waals surface area contributed by atoms with E-state index in [0.717, 1.165) is 16.7 Å². The zero-order valence-electron chi connectivity index (χ0n) is 23.0. The third-order valence-corrected chi connectivity index (χ3v) is 7.34. The highest BCUT2D eigenvalue weighted by molar-refractivity contribution is 5.74. The topological polar surface area (TPSA) is 103 Å². The summed E-state index contributed by atoms with van der Waals surface area (Å²) >= 11 is 0. The molecule has 2 N–H and O–H groups in total. The van der Waals surface area contributed by atoms with Gasteiger partial charge in [-0.05, 0) is 28.8 Å². The van der Waals surface area contributed by atoms with E-state index in [1.165, 1.54) is 6.07 Å². The molecule has 0 amide bonds. The Bertz CT molecular complexity index is 1710. The average molecular weight is 565 g/mol. The van der Waals surface area contributed by atoms with Crippen molar-refractivity contribution in [3.05, 3.63) is 152 Å². The summed E-state index contributed by atoms with van der Waals surface area (Å²) in [5.41, 5.74) is 3.14. The van der Waals surface area contributed by atoms with Crippen molar-refractivity contribution in [1.29, 1.82) is 0 Å². The van der Waals surface area contributed by atoms with Crippen molar-refractivity contribution in [2.24, 2.45) is 0 Å². The number of ether oxygens (including phenoxy) is 4. The number of aromatic nitrogens is 2. The molecule has 0 radical (unpaired) electrons. The van der Waals surface area contributed by atoms with Gasteiger partial charge in [0.05, 0.1) is 26.4 Å². The van der Waals surface area contributed by atoms with Crippen molar-refractivity contribution in [2.75, 3.05) is 6.61 Å². The average Bonchev–Trinajstić information content (AvgIpc) is 3.36. The van der Waals surface area contributed by atoms with Crippen LogP contribution in [0.3, 0.4) is 0 Å². The summed E-state index contributed by atoms with van der Waals surface area (Å²) in [6.07, 6.45) is -2.38. The molecule has 1 aliphatic heterocycles. The maximum absolute atomic E-state index is 13.4. The fourth-order valence-corrected chi connectivity index (χ4v) is 5.24. The summed E-state index contributed by atoms with van der Waals surface area (Å²) in [5, 5.41) is 0.681. The van der Waals surface area contributed by atoms with Gasteiger partial charge in [-0.3, -0.25) is 9.59 Å². The van der Waals surface area contributed by atoms with Crippen LogP contribution in [0.1, 0.15) is 28.4 Å². The van der Waals surface area contributed by atoms with Crippen LogP contribution in [-0.4, -0.2) is 34.9 Å². The minimum Gasteiger partial charge on any atom is -0.374 e. The third-order valence-electron chi connectivity index (χ3n) is 7.34. The van der Waals surface area contributed by atoms with Crippen LogP contribution < -0.4 is 11.1 Å². The lowest BCUT2D eigenvalue weighted by atomic mass is 10.0. The van der Waals surface area contributed by atoms with Crippen LogP contribution in [0.2, 0.25) is 0 Å². The van der Waals surface area contributed by atoms with E-state index >= 15 is 0 Å². The smallest absolute Gasteiger partial charge is 0.255 e. The lowest BCUT2D eigenvalue weighted by Crippen LogP contribution is -2.38. The summed E-state index contributed by atoms with van der Waals surface area (Å²) < 4.78 is 25.7. The van der Waals surface area contributed by atoms with Gasteiger partial charge < -0.3 is 28.9 Å². The fraction of sp³-hybridized carbons (Fsp3) is 0.235. The number of hydrogen-bond donors (Lipinski definition) is 2. The Labute approximate surface area is 242 Å². The molecule has 3 heterocycles. The standard InChI is InChI=1S/C34H32N2O6/c37-29-17-16-26-18-27(34(38)36-33(26)35-29)30-32(41-21-25-14-8-3-9-15-25)31(40-20-24-12-6-2-7-13-24)28(42-30)22-39-19-23-10-4-1-5-11-23/h1-18,28,30-32H,19-22H2,(H2,35,36,37,38). The summed E-state index contributed by atoms with van der Waals surface area (Å²) in [4.78, 5) is 30.7. The van der Waals surface area contributed by atoms with Gasteiger partial charge in [-0.1, -0.05) is 91.0 Å². The van der Waals surface area contributed by atoms with Crippen molar-refractivity contribution in [1.82, 2.24) is 9.97 Å². The largest absolute Gasteiger partial charge is 0.374 e. The van der Waals surface area contributed by atoms with Gasteiger partial charge in [0.1, 0.15) is 30.1 Å². The predicted molar refractivity (Wildman–Crippen MR) is 159 cm³/mol. The number of rotatable bonds is 11. The monoisotopic (exact) mass is 564 g/mol. The zero-order valence-corrected chi connectivity index (χ0v) is 23.0. The van der Waals surface area contributed by atoms with Gasteiger partial charge in [0.15, 0.2) is 0 Å². The Morgan fingerprint density at radius 2 is 1.21 bits per heavy atom. The van der Waals surface area contributed by atoms with E-state index in [0.29, 0.717) is 36.4 Å². The summed E-state index contributed by atoms with van der Waals surface area (Å²) in [6, 6.07) is 34.5. The molecule has 214 valence electrons. The highest BCUT2D eigenvalue weighted by atomic mass is 16.6. The first-order chi connectivity index (χ1) is 20.6. The van der Waals surface area contributed by atoms with Crippen molar-refractivity contribution in [2.45, 2.75) is 44.2 Å². The SMILES string of the molecule is O=c1ccc2cc(C3OC(COCc4ccccc4)C(OCc4ccccc4)C3OCc3ccccc3)c(=O)[nH]c2[nH]1. The van der Waals surface area contributed by atoms with E-state index in [9.17, 15) is 9.59 Å². The Kier molecular flexibility index (Phi) is 8.67. The quantitative estimate of drug-likeness (QED) is 0.233. The van der Waals surface area contributed by atoms with Crippen LogP contribution in [0.15, 0.2) is 119 Å². The highest BCUT2D eigenvalue weighted by Crippen LogP contribution is 2.38. The Hall–Kier alpha value is -4.34. The summed E-state index contributed by atoms with van der Waals surface area (Å²) in [6.45, 7) is 1.31. The van der Waals surface area contributed by atoms with E-state index in [2.05, 4.69) is 9.97 Å². The second-order valence-corrected chi connectivity index (χ2v) is 10.3. The fourth-order valence-electron chi connectivity index (χ4n) is 5.24. The van der Waals surface area contributed by atoms with Gasteiger partial charge in [-0.15, -0.1) is 0 Å². The first kappa shape index (κ1) is 27.8. The van der Waals surface area contributed by atoms with Crippen LogP contribution in [0.5, 0.6) is 0 Å². The molecule has 0 aliphatic carbocycles. The van der Waals surface area contributed by atoms with Crippen LogP contribution in [0.25, 0.3) is 11.0 Å². The molecule has 0 bridgehead atoms. The van der Waals surface area contributed by atoms with Crippen molar-refractivity contribution in [3.8, 4) is 0 Å². The van der Waals surface area contributed by atoms with Gasteiger partial charge in [-0.25, -0.2) is 0 Å². The molecule has 8 heteroatoms. The third kappa shape index (κ3) is 6.58. The molecule has 2 aromatic heterocycles. The Morgan fingerprint density at radius 1 is 0.643 bits per heavy atom. The van der Waals surface area contributed by atoms with E-state index in [-0.39, 0.29) is 17.7 Å². The molecule has 0 spiro atoms. The van der Waals surface area contributed by atoms with Gasteiger partial charge in [-0.2, -0.15) is 0 Å². The zero-order chi connectivity index (χ0) is 28.7. The van der Waals surface area contributed by atoms with Crippen molar-refractivity contribution < 1.29 is 18.9 Å². The molecular weight excluding hydrogens is 532 g/mol. The van der Waals surface area contributed by atoms with E-state index in [4.69, 9.17) is 18.9 Å². The minimum atomic E-state index is -0.736. The highest BCUT2D eigenvalue weighted by Gasteiger charge is 2.48. The number of nitrogens with one attached hydrogen (secondary N) is 2. The number of H-pyrrole nitrogens is 2. The molecule has 6 rings (SSSR count). The van der Waals surface area contributed by atoms with E-state index in [1.807, 2.05) is 91.0 Å². The van der Waals surface area contributed by atoms with Gasteiger partial charge in [0.25, 0.3) is 5.56 Å². The molecule has 1 saturated heterocycles. The maximum Gasteiger partial charge on any atom is 0.255 e. The first-order valence-electron chi connectivity index (χ1n) is 14.0. The number of benzene rings is 3. The number of hydrogen-bond acceptors (Lipinski definition) is 6. The van der Waals surface area contributed by atoms with Crippen LogP contribution in [0, 0.1) is 0 Å². The Balaban J connectivity index is 1.32.